The highest BCUT2D eigenvalue weighted by molar-refractivity contribution is 5.80. The smallest absolute Gasteiger partial charge is 0.434 e. The van der Waals surface area contributed by atoms with Crippen molar-refractivity contribution in [1.82, 2.24) is 9.96 Å². The van der Waals surface area contributed by atoms with Crippen LogP contribution in [0.1, 0.15) is 59.9 Å². The number of aliphatic carboxylic acids is 1. The molecule has 0 spiro atoms. The highest BCUT2D eigenvalue weighted by Gasteiger charge is 2.42. The maximum Gasteiger partial charge on any atom is 0.434 e. The standard InChI is InChI=1S/C23H34N2O7/c1-22(2,3)31-20(28)24-14-17(12-13-18(24)19(26)27)25(21(29)32-23(4,5)6)30-15-16-10-8-7-9-11-16/h7-11,17-18H,12-15H2,1-6H3,(H,26,27)/t17-,18+/m1/s1. The zero-order valence-corrected chi connectivity index (χ0v) is 19.7. The van der Waals surface area contributed by atoms with E-state index >= 15 is 0 Å². The zero-order chi connectivity index (χ0) is 24.1. The van der Waals surface area contributed by atoms with Crippen LogP contribution in [-0.4, -0.2) is 63.1 Å². The minimum absolute atomic E-state index is 0.0556. The minimum Gasteiger partial charge on any atom is -0.480 e. The number of amides is 2. The lowest BCUT2D eigenvalue weighted by Gasteiger charge is -2.41. The van der Waals surface area contributed by atoms with Crippen molar-refractivity contribution in [3.05, 3.63) is 35.9 Å². The van der Waals surface area contributed by atoms with Gasteiger partial charge in [0.05, 0.1) is 6.04 Å². The molecule has 2 atom stereocenters. The molecule has 0 unspecified atom stereocenters. The Hall–Kier alpha value is -2.81. The van der Waals surface area contributed by atoms with E-state index in [1.54, 1.807) is 41.5 Å². The minimum atomic E-state index is -1.12. The first kappa shape index (κ1) is 25.5. The van der Waals surface area contributed by atoms with Gasteiger partial charge >= 0.3 is 18.2 Å². The van der Waals surface area contributed by atoms with Crippen molar-refractivity contribution in [1.29, 1.82) is 0 Å². The Kier molecular flexibility index (Phi) is 8.12. The number of piperidine rings is 1. The molecule has 1 aromatic carbocycles. The van der Waals surface area contributed by atoms with Gasteiger partial charge in [0.2, 0.25) is 0 Å². The summed E-state index contributed by atoms with van der Waals surface area (Å²) in [5, 5.41) is 10.7. The second-order valence-electron chi connectivity index (χ2n) is 9.78. The Morgan fingerprint density at radius 1 is 1.00 bits per heavy atom. The summed E-state index contributed by atoms with van der Waals surface area (Å²) in [6.45, 7) is 10.4. The number of carbonyl (C=O) groups excluding carboxylic acids is 2. The lowest BCUT2D eigenvalue weighted by Crippen LogP contribution is -2.58. The van der Waals surface area contributed by atoms with Gasteiger partial charge in [-0.15, -0.1) is 0 Å². The van der Waals surface area contributed by atoms with Crippen LogP contribution < -0.4 is 0 Å². The first-order valence-corrected chi connectivity index (χ1v) is 10.7. The molecular weight excluding hydrogens is 416 g/mol. The molecule has 0 bridgehead atoms. The summed E-state index contributed by atoms with van der Waals surface area (Å²) in [6.07, 6.45) is -0.976. The first-order valence-electron chi connectivity index (χ1n) is 10.7. The second-order valence-corrected chi connectivity index (χ2v) is 9.78. The molecule has 1 heterocycles. The molecule has 1 N–H and O–H groups in total. The third kappa shape index (κ3) is 7.71. The molecule has 2 rings (SSSR count). The number of hydroxylamine groups is 2. The van der Waals surface area contributed by atoms with Gasteiger partial charge in [0.1, 0.15) is 23.9 Å². The number of carboxylic acid groups (broad SMARTS) is 1. The van der Waals surface area contributed by atoms with E-state index in [2.05, 4.69) is 0 Å². The number of hydrogen-bond donors (Lipinski definition) is 1. The highest BCUT2D eigenvalue weighted by atomic mass is 16.7. The van der Waals surface area contributed by atoms with E-state index in [-0.39, 0.29) is 19.6 Å². The maximum absolute atomic E-state index is 12.9. The van der Waals surface area contributed by atoms with Crippen LogP contribution in [0, 0.1) is 0 Å². The number of hydrogen-bond acceptors (Lipinski definition) is 6. The quantitative estimate of drug-likeness (QED) is 0.670. The molecule has 1 saturated heterocycles. The van der Waals surface area contributed by atoms with Gasteiger partial charge < -0.3 is 14.6 Å². The molecule has 1 fully saturated rings. The molecule has 9 nitrogen and oxygen atoms in total. The molecule has 32 heavy (non-hydrogen) atoms. The number of ether oxygens (including phenoxy) is 2. The average Bonchev–Trinajstić information content (AvgIpc) is 2.66. The van der Waals surface area contributed by atoms with Gasteiger partial charge in [-0.05, 0) is 59.9 Å². The van der Waals surface area contributed by atoms with Crippen LogP contribution in [0.15, 0.2) is 30.3 Å². The molecule has 0 saturated carbocycles. The summed E-state index contributed by atoms with van der Waals surface area (Å²) in [6, 6.07) is 7.68. The maximum atomic E-state index is 12.9. The number of likely N-dealkylation sites (tertiary alicyclic amines) is 1. The Morgan fingerprint density at radius 2 is 1.59 bits per heavy atom. The fourth-order valence-electron chi connectivity index (χ4n) is 3.25. The van der Waals surface area contributed by atoms with Crippen LogP contribution in [0.4, 0.5) is 9.59 Å². The first-order chi connectivity index (χ1) is 14.8. The van der Waals surface area contributed by atoms with Crippen LogP contribution in [0.2, 0.25) is 0 Å². The number of benzene rings is 1. The normalized spacial score (nSPS) is 19.2. The van der Waals surface area contributed by atoms with Gasteiger partial charge in [-0.2, -0.15) is 5.06 Å². The van der Waals surface area contributed by atoms with Crippen LogP contribution >= 0.6 is 0 Å². The van der Waals surface area contributed by atoms with Crippen molar-refractivity contribution in [2.75, 3.05) is 6.54 Å². The van der Waals surface area contributed by atoms with Crippen molar-refractivity contribution in [3.8, 4) is 0 Å². The largest absolute Gasteiger partial charge is 0.480 e. The van der Waals surface area contributed by atoms with Crippen LogP contribution in [0.25, 0.3) is 0 Å². The predicted octanol–water partition coefficient (Wildman–Crippen LogP) is 4.21. The second kappa shape index (κ2) is 10.2. The Bertz CT molecular complexity index is 799. The van der Waals surface area contributed by atoms with Crippen molar-refractivity contribution < 1.29 is 33.8 Å². The van der Waals surface area contributed by atoms with Crippen molar-refractivity contribution in [2.24, 2.45) is 0 Å². The fraction of sp³-hybridized carbons (Fsp3) is 0.609. The molecule has 0 radical (unpaired) electrons. The van der Waals surface area contributed by atoms with Crippen LogP contribution in [0.3, 0.4) is 0 Å². The van der Waals surface area contributed by atoms with E-state index in [1.165, 1.54) is 0 Å². The third-order valence-corrected chi connectivity index (χ3v) is 4.59. The third-order valence-electron chi connectivity index (χ3n) is 4.59. The summed E-state index contributed by atoms with van der Waals surface area (Å²) in [4.78, 5) is 44.4. The van der Waals surface area contributed by atoms with Crippen LogP contribution in [-0.2, 0) is 25.7 Å². The van der Waals surface area contributed by atoms with Gasteiger partial charge in [-0.1, -0.05) is 30.3 Å². The lowest BCUT2D eigenvalue weighted by molar-refractivity contribution is -0.190. The van der Waals surface area contributed by atoms with E-state index in [4.69, 9.17) is 14.3 Å². The van der Waals surface area contributed by atoms with E-state index < -0.39 is 41.4 Å². The van der Waals surface area contributed by atoms with Gasteiger partial charge in [0.25, 0.3) is 0 Å². The van der Waals surface area contributed by atoms with Crippen LogP contribution in [0.5, 0.6) is 0 Å². The Morgan fingerprint density at radius 3 is 2.12 bits per heavy atom. The number of rotatable bonds is 5. The predicted molar refractivity (Wildman–Crippen MR) is 117 cm³/mol. The monoisotopic (exact) mass is 450 g/mol. The molecule has 9 heteroatoms. The van der Waals surface area contributed by atoms with Crippen molar-refractivity contribution in [3.63, 3.8) is 0 Å². The van der Waals surface area contributed by atoms with E-state index in [0.717, 1.165) is 15.5 Å². The van der Waals surface area contributed by atoms with Crippen molar-refractivity contribution >= 4 is 18.2 Å². The molecule has 2 amide bonds. The van der Waals surface area contributed by atoms with Gasteiger partial charge in [0, 0.05) is 6.54 Å². The highest BCUT2D eigenvalue weighted by Crippen LogP contribution is 2.26. The summed E-state index contributed by atoms with van der Waals surface area (Å²) in [5.74, 6) is -1.12. The van der Waals surface area contributed by atoms with Gasteiger partial charge in [0.15, 0.2) is 0 Å². The summed E-state index contributed by atoms with van der Waals surface area (Å²) < 4.78 is 10.9. The van der Waals surface area contributed by atoms with Gasteiger partial charge in [-0.25, -0.2) is 14.4 Å². The molecule has 1 aliphatic rings. The zero-order valence-electron chi connectivity index (χ0n) is 19.7. The topological polar surface area (TPSA) is 106 Å². The molecular formula is C23H34N2O7. The number of nitrogens with zero attached hydrogens (tertiary/aromatic N) is 2. The number of carbonyl (C=O) groups is 3. The summed E-state index contributed by atoms with van der Waals surface area (Å²) in [5.41, 5.74) is -0.694. The summed E-state index contributed by atoms with van der Waals surface area (Å²) >= 11 is 0. The lowest BCUT2D eigenvalue weighted by atomic mass is 9.98. The number of carboxylic acids is 1. The van der Waals surface area contributed by atoms with Gasteiger partial charge in [-0.3, -0.25) is 9.74 Å². The fourth-order valence-corrected chi connectivity index (χ4v) is 3.25. The summed E-state index contributed by atoms with van der Waals surface area (Å²) in [7, 11) is 0. The Labute approximate surface area is 189 Å². The average molecular weight is 451 g/mol. The SMILES string of the molecule is CC(C)(C)OC(=O)N1C[C@H](N(OCc2ccccc2)C(=O)OC(C)(C)C)CC[C@H]1C(=O)O. The molecule has 178 valence electrons. The van der Waals surface area contributed by atoms with E-state index in [9.17, 15) is 19.5 Å². The molecule has 1 aromatic rings. The molecule has 1 aliphatic heterocycles. The van der Waals surface area contributed by atoms with E-state index in [1.807, 2.05) is 30.3 Å². The Balaban J connectivity index is 2.24. The molecule has 0 aliphatic carbocycles. The molecule has 0 aromatic heterocycles. The van der Waals surface area contributed by atoms with Crippen molar-refractivity contribution in [2.45, 2.75) is 84.3 Å². The van der Waals surface area contributed by atoms with E-state index in [0.29, 0.717) is 6.42 Å².